The molecule has 1 N–H and O–H groups in total. The Bertz CT molecular complexity index is 391. The molecule has 1 saturated heterocycles. The average Bonchev–Trinajstić information content (AvgIpc) is 2.22. The Morgan fingerprint density at radius 3 is 2.00 bits per heavy atom. The molecule has 2 amide bonds. The van der Waals surface area contributed by atoms with Crippen LogP contribution in [-0.2, 0) is 14.3 Å². The standard InChI is InChI=1S/C15H28N2O4/c1-10-8-17(9-11(2)20-10)12(18)15(6,7)16-13(19)21-14(3,4)5/h10-11H,8-9H2,1-7H3,(H,16,19)/t10-,11-/m1/s1. The number of carbonyl (C=O) groups is 2. The lowest BCUT2D eigenvalue weighted by Crippen LogP contribution is -2.60. The predicted molar refractivity (Wildman–Crippen MR) is 80.0 cm³/mol. The van der Waals surface area contributed by atoms with Crippen LogP contribution in [0.25, 0.3) is 0 Å². The van der Waals surface area contributed by atoms with E-state index in [1.165, 1.54) is 0 Å². The lowest BCUT2D eigenvalue weighted by atomic mass is 10.0. The summed E-state index contributed by atoms with van der Waals surface area (Å²) in [4.78, 5) is 26.2. The van der Waals surface area contributed by atoms with Crippen LogP contribution in [0.15, 0.2) is 0 Å². The van der Waals surface area contributed by atoms with Crippen molar-refractivity contribution in [2.75, 3.05) is 13.1 Å². The van der Waals surface area contributed by atoms with E-state index in [2.05, 4.69) is 5.32 Å². The molecule has 0 saturated carbocycles. The zero-order chi connectivity index (χ0) is 16.4. The van der Waals surface area contributed by atoms with E-state index in [-0.39, 0.29) is 18.1 Å². The van der Waals surface area contributed by atoms with Crippen molar-refractivity contribution in [1.29, 1.82) is 0 Å². The van der Waals surface area contributed by atoms with Gasteiger partial charge in [0.25, 0.3) is 0 Å². The molecular formula is C15H28N2O4. The molecule has 1 aliphatic heterocycles. The van der Waals surface area contributed by atoms with Crippen LogP contribution in [0.1, 0.15) is 48.5 Å². The number of hydrogen-bond acceptors (Lipinski definition) is 4. The predicted octanol–water partition coefficient (Wildman–Crippen LogP) is 1.93. The number of ether oxygens (including phenoxy) is 2. The molecule has 0 aromatic carbocycles. The molecule has 6 nitrogen and oxygen atoms in total. The fraction of sp³-hybridized carbons (Fsp3) is 0.867. The van der Waals surface area contributed by atoms with Gasteiger partial charge in [0.15, 0.2) is 0 Å². The summed E-state index contributed by atoms with van der Waals surface area (Å²) >= 11 is 0. The molecule has 0 aliphatic carbocycles. The molecule has 1 aliphatic rings. The smallest absolute Gasteiger partial charge is 0.408 e. The highest BCUT2D eigenvalue weighted by molar-refractivity contribution is 5.89. The van der Waals surface area contributed by atoms with Gasteiger partial charge in [-0.2, -0.15) is 0 Å². The summed E-state index contributed by atoms with van der Waals surface area (Å²) in [6.07, 6.45) is -0.597. The molecule has 0 radical (unpaired) electrons. The van der Waals surface area contributed by atoms with E-state index in [9.17, 15) is 9.59 Å². The number of nitrogens with one attached hydrogen (secondary N) is 1. The van der Waals surface area contributed by atoms with Crippen molar-refractivity contribution in [1.82, 2.24) is 10.2 Å². The summed E-state index contributed by atoms with van der Waals surface area (Å²) in [5.41, 5.74) is -1.61. The lowest BCUT2D eigenvalue weighted by Gasteiger charge is -2.39. The van der Waals surface area contributed by atoms with E-state index in [0.717, 1.165) is 0 Å². The van der Waals surface area contributed by atoms with Crippen LogP contribution >= 0.6 is 0 Å². The molecule has 122 valence electrons. The van der Waals surface area contributed by atoms with Crippen molar-refractivity contribution in [2.45, 2.75) is 71.8 Å². The largest absolute Gasteiger partial charge is 0.444 e. The van der Waals surface area contributed by atoms with Gasteiger partial charge in [-0.05, 0) is 48.5 Å². The summed E-state index contributed by atoms with van der Waals surface area (Å²) in [5, 5.41) is 2.65. The highest BCUT2D eigenvalue weighted by atomic mass is 16.6. The molecule has 1 heterocycles. The SMILES string of the molecule is C[C@@H]1CN(C(=O)C(C)(C)NC(=O)OC(C)(C)C)C[C@@H](C)O1. The van der Waals surface area contributed by atoms with Gasteiger partial charge in [0.2, 0.25) is 5.91 Å². The van der Waals surface area contributed by atoms with Gasteiger partial charge in [0.1, 0.15) is 11.1 Å². The zero-order valence-corrected chi connectivity index (χ0v) is 14.1. The Morgan fingerprint density at radius 1 is 1.10 bits per heavy atom. The van der Waals surface area contributed by atoms with Crippen molar-refractivity contribution < 1.29 is 19.1 Å². The first kappa shape index (κ1) is 17.8. The van der Waals surface area contributed by atoms with Gasteiger partial charge in [-0.25, -0.2) is 4.79 Å². The van der Waals surface area contributed by atoms with Crippen molar-refractivity contribution >= 4 is 12.0 Å². The maximum absolute atomic E-state index is 12.6. The minimum Gasteiger partial charge on any atom is -0.444 e. The number of hydrogen-bond donors (Lipinski definition) is 1. The number of carbonyl (C=O) groups excluding carboxylic acids is 2. The van der Waals surface area contributed by atoms with E-state index >= 15 is 0 Å². The van der Waals surface area contributed by atoms with Crippen molar-refractivity contribution in [3.63, 3.8) is 0 Å². The monoisotopic (exact) mass is 300 g/mol. The molecule has 0 spiro atoms. The number of rotatable bonds is 2. The number of morpholine rings is 1. The Morgan fingerprint density at radius 2 is 1.57 bits per heavy atom. The fourth-order valence-electron chi connectivity index (χ4n) is 2.35. The van der Waals surface area contributed by atoms with Crippen LogP contribution in [0.3, 0.4) is 0 Å². The average molecular weight is 300 g/mol. The summed E-state index contributed by atoms with van der Waals surface area (Å²) in [5.74, 6) is -0.129. The first-order chi connectivity index (χ1) is 9.40. The second kappa shape index (κ2) is 6.22. The van der Waals surface area contributed by atoms with E-state index in [0.29, 0.717) is 13.1 Å². The third kappa shape index (κ3) is 5.53. The maximum atomic E-state index is 12.6. The minimum atomic E-state index is -1.01. The van der Waals surface area contributed by atoms with Crippen molar-refractivity contribution in [2.24, 2.45) is 0 Å². The second-order valence-corrected chi connectivity index (χ2v) is 7.22. The normalized spacial score (nSPS) is 23.7. The number of nitrogens with zero attached hydrogens (tertiary/aromatic N) is 1. The summed E-state index contributed by atoms with van der Waals surface area (Å²) in [7, 11) is 0. The van der Waals surface area contributed by atoms with Crippen molar-refractivity contribution in [3.8, 4) is 0 Å². The van der Waals surface area contributed by atoms with Crippen LogP contribution in [0.5, 0.6) is 0 Å². The maximum Gasteiger partial charge on any atom is 0.408 e. The molecule has 1 fully saturated rings. The first-order valence-electron chi connectivity index (χ1n) is 7.37. The Balaban J connectivity index is 2.68. The Hall–Kier alpha value is -1.30. The summed E-state index contributed by atoms with van der Waals surface area (Å²) in [6, 6.07) is 0. The van der Waals surface area contributed by atoms with Crippen LogP contribution in [-0.4, -0.2) is 53.3 Å². The molecule has 0 unspecified atom stereocenters. The highest BCUT2D eigenvalue weighted by Crippen LogP contribution is 2.17. The highest BCUT2D eigenvalue weighted by Gasteiger charge is 2.37. The van der Waals surface area contributed by atoms with Crippen LogP contribution < -0.4 is 5.32 Å². The molecule has 0 aromatic rings. The third-order valence-electron chi connectivity index (χ3n) is 3.05. The van der Waals surface area contributed by atoms with Gasteiger partial charge in [-0.3, -0.25) is 4.79 Å². The zero-order valence-electron chi connectivity index (χ0n) is 14.1. The van der Waals surface area contributed by atoms with Gasteiger partial charge in [0, 0.05) is 13.1 Å². The molecule has 0 aromatic heterocycles. The molecule has 6 heteroatoms. The summed E-state index contributed by atoms with van der Waals surface area (Å²) in [6.45, 7) is 13.7. The number of alkyl carbamates (subject to hydrolysis) is 1. The molecule has 0 bridgehead atoms. The van der Waals surface area contributed by atoms with E-state index in [1.807, 2.05) is 13.8 Å². The van der Waals surface area contributed by atoms with Gasteiger partial charge in [-0.15, -0.1) is 0 Å². The topological polar surface area (TPSA) is 67.9 Å². The van der Waals surface area contributed by atoms with Crippen molar-refractivity contribution in [3.05, 3.63) is 0 Å². The molecule has 21 heavy (non-hydrogen) atoms. The summed E-state index contributed by atoms with van der Waals surface area (Å²) < 4.78 is 10.8. The van der Waals surface area contributed by atoms with Gasteiger partial charge in [0.05, 0.1) is 12.2 Å². The first-order valence-corrected chi connectivity index (χ1v) is 7.37. The number of amides is 2. The van der Waals surface area contributed by atoms with E-state index in [4.69, 9.17) is 9.47 Å². The van der Waals surface area contributed by atoms with Gasteiger partial charge >= 0.3 is 6.09 Å². The molecule has 1 rings (SSSR count). The quantitative estimate of drug-likeness (QED) is 0.846. The van der Waals surface area contributed by atoms with Gasteiger partial charge < -0.3 is 19.7 Å². The van der Waals surface area contributed by atoms with Crippen LogP contribution in [0.2, 0.25) is 0 Å². The van der Waals surface area contributed by atoms with Crippen LogP contribution in [0, 0.1) is 0 Å². The Labute approximate surface area is 127 Å². The third-order valence-corrected chi connectivity index (χ3v) is 3.05. The van der Waals surface area contributed by atoms with E-state index < -0.39 is 17.2 Å². The van der Waals surface area contributed by atoms with Gasteiger partial charge in [-0.1, -0.05) is 0 Å². The Kier molecular flexibility index (Phi) is 5.25. The molecular weight excluding hydrogens is 272 g/mol. The van der Waals surface area contributed by atoms with Crippen LogP contribution in [0.4, 0.5) is 4.79 Å². The molecule has 2 atom stereocenters. The van der Waals surface area contributed by atoms with E-state index in [1.54, 1.807) is 39.5 Å². The minimum absolute atomic E-state index is 0.00460. The fourth-order valence-corrected chi connectivity index (χ4v) is 2.35. The lowest BCUT2D eigenvalue weighted by molar-refractivity contribution is -0.148. The second-order valence-electron chi connectivity index (χ2n) is 7.22.